The fourth-order valence-corrected chi connectivity index (χ4v) is 3.42. The van der Waals surface area contributed by atoms with Gasteiger partial charge in [0.1, 0.15) is 5.75 Å². The Bertz CT molecular complexity index is 792. The number of carbonyl (C=O) groups excluding carboxylic acids is 2. The van der Waals surface area contributed by atoms with Crippen LogP contribution in [0.3, 0.4) is 0 Å². The van der Waals surface area contributed by atoms with Gasteiger partial charge in [0.25, 0.3) is 0 Å². The number of rotatable bonds is 8. The van der Waals surface area contributed by atoms with E-state index in [1.807, 2.05) is 54.6 Å². The molecule has 2 aromatic carbocycles. The lowest BCUT2D eigenvalue weighted by Crippen LogP contribution is -2.39. The molecule has 2 aromatic rings. The highest BCUT2D eigenvalue weighted by molar-refractivity contribution is 6.00. The second-order valence-electron chi connectivity index (χ2n) is 6.84. The average molecular weight is 382 g/mol. The van der Waals surface area contributed by atoms with Crippen molar-refractivity contribution in [2.45, 2.75) is 13.0 Å². The molecule has 1 saturated heterocycles. The SMILES string of the molecule is COCCN(Cc1ccccc1)C(=O)C1CC(=O)N(c2ccc(OC)cc2)C1. The summed E-state index contributed by atoms with van der Waals surface area (Å²) < 4.78 is 10.3. The topological polar surface area (TPSA) is 59.1 Å². The third-order valence-corrected chi connectivity index (χ3v) is 4.95. The molecule has 6 heteroatoms. The third kappa shape index (κ3) is 4.70. The molecule has 1 aliphatic heterocycles. The predicted molar refractivity (Wildman–Crippen MR) is 107 cm³/mol. The molecular formula is C22H26N2O4. The molecule has 1 aliphatic rings. The molecule has 3 rings (SSSR count). The van der Waals surface area contributed by atoms with Crippen molar-refractivity contribution in [3.05, 3.63) is 60.2 Å². The number of ether oxygens (including phenoxy) is 2. The normalized spacial score (nSPS) is 16.3. The molecule has 0 aromatic heterocycles. The Morgan fingerprint density at radius 3 is 2.46 bits per heavy atom. The van der Waals surface area contributed by atoms with Crippen molar-refractivity contribution < 1.29 is 19.1 Å². The molecule has 0 saturated carbocycles. The van der Waals surface area contributed by atoms with Gasteiger partial charge in [-0.1, -0.05) is 30.3 Å². The maximum Gasteiger partial charge on any atom is 0.228 e. The molecule has 2 amide bonds. The van der Waals surface area contributed by atoms with E-state index in [-0.39, 0.29) is 24.2 Å². The summed E-state index contributed by atoms with van der Waals surface area (Å²) in [7, 11) is 3.22. The molecule has 28 heavy (non-hydrogen) atoms. The van der Waals surface area contributed by atoms with E-state index in [0.717, 1.165) is 17.0 Å². The number of anilines is 1. The molecule has 148 valence electrons. The predicted octanol–water partition coefficient (Wildman–Crippen LogP) is 2.72. The van der Waals surface area contributed by atoms with Gasteiger partial charge < -0.3 is 19.3 Å². The Balaban J connectivity index is 1.70. The van der Waals surface area contributed by atoms with Crippen LogP contribution in [0.5, 0.6) is 5.75 Å². The van der Waals surface area contributed by atoms with Crippen molar-refractivity contribution in [1.82, 2.24) is 4.90 Å². The molecular weight excluding hydrogens is 356 g/mol. The van der Waals surface area contributed by atoms with Crippen LogP contribution >= 0.6 is 0 Å². The molecule has 1 fully saturated rings. The lowest BCUT2D eigenvalue weighted by Gasteiger charge is -2.25. The van der Waals surface area contributed by atoms with Gasteiger partial charge in [-0.15, -0.1) is 0 Å². The maximum absolute atomic E-state index is 13.2. The Kier molecular flexibility index (Phi) is 6.66. The zero-order valence-corrected chi connectivity index (χ0v) is 16.3. The fourth-order valence-electron chi connectivity index (χ4n) is 3.42. The van der Waals surface area contributed by atoms with Crippen LogP contribution in [0.1, 0.15) is 12.0 Å². The van der Waals surface area contributed by atoms with Gasteiger partial charge in [-0.2, -0.15) is 0 Å². The Morgan fingerprint density at radius 1 is 1.11 bits per heavy atom. The first-order valence-electron chi connectivity index (χ1n) is 9.38. The molecule has 6 nitrogen and oxygen atoms in total. The first-order chi connectivity index (χ1) is 13.6. The maximum atomic E-state index is 13.2. The fraction of sp³-hybridized carbons (Fsp3) is 0.364. The molecule has 0 bridgehead atoms. The summed E-state index contributed by atoms with van der Waals surface area (Å²) in [6.07, 6.45) is 0.225. The average Bonchev–Trinajstić information content (AvgIpc) is 3.13. The van der Waals surface area contributed by atoms with Crippen molar-refractivity contribution >= 4 is 17.5 Å². The highest BCUT2D eigenvalue weighted by Crippen LogP contribution is 2.28. The van der Waals surface area contributed by atoms with Crippen molar-refractivity contribution in [3.63, 3.8) is 0 Å². The van der Waals surface area contributed by atoms with Crippen LogP contribution in [0.4, 0.5) is 5.69 Å². The van der Waals surface area contributed by atoms with E-state index >= 15 is 0 Å². The van der Waals surface area contributed by atoms with E-state index in [0.29, 0.717) is 26.2 Å². The molecule has 0 spiro atoms. The first-order valence-corrected chi connectivity index (χ1v) is 9.38. The number of hydrogen-bond donors (Lipinski definition) is 0. The number of amides is 2. The summed E-state index contributed by atoms with van der Waals surface area (Å²) in [5.41, 5.74) is 1.84. The largest absolute Gasteiger partial charge is 0.497 e. The summed E-state index contributed by atoms with van der Waals surface area (Å²) >= 11 is 0. The minimum atomic E-state index is -0.352. The van der Waals surface area contributed by atoms with E-state index < -0.39 is 0 Å². The van der Waals surface area contributed by atoms with Crippen LogP contribution in [-0.4, -0.2) is 50.6 Å². The number of methoxy groups -OCH3 is 2. The van der Waals surface area contributed by atoms with Crippen LogP contribution in [-0.2, 0) is 20.9 Å². The molecule has 0 aliphatic carbocycles. The monoisotopic (exact) mass is 382 g/mol. The summed E-state index contributed by atoms with van der Waals surface area (Å²) in [5, 5.41) is 0. The summed E-state index contributed by atoms with van der Waals surface area (Å²) in [6.45, 7) is 1.86. The van der Waals surface area contributed by atoms with E-state index in [9.17, 15) is 9.59 Å². The van der Waals surface area contributed by atoms with Gasteiger partial charge in [0.15, 0.2) is 0 Å². The van der Waals surface area contributed by atoms with Crippen LogP contribution in [0.15, 0.2) is 54.6 Å². The Morgan fingerprint density at radius 2 is 1.82 bits per heavy atom. The smallest absolute Gasteiger partial charge is 0.228 e. The molecule has 1 unspecified atom stereocenters. The van der Waals surface area contributed by atoms with Gasteiger partial charge in [0, 0.05) is 38.9 Å². The highest BCUT2D eigenvalue weighted by Gasteiger charge is 2.37. The second-order valence-corrected chi connectivity index (χ2v) is 6.84. The molecule has 1 atom stereocenters. The number of benzene rings is 2. The number of carbonyl (C=O) groups is 2. The van der Waals surface area contributed by atoms with E-state index in [1.165, 1.54) is 0 Å². The van der Waals surface area contributed by atoms with Crippen LogP contribution in [0.25, 0.3) is 0 Å². The van der Waals surface area contributed by atoms with E-state index in [2.05, 4.69) is 0 Å². The quantitative estimate of drug-likeness (QED) is 0.704. The summed E-state index contributed by atoms with van der Waals surface area (Å²) in [6, 6.07) is 17.2. The number of hydrogen-bond acceptors (Lipinski definition) is 4. The Hall–Kier alpha value is -2.86. The molecule has 0 N–H and O–H groups in total. The van der Waals surface area contributed by atoms with Gasteiger partial charge in [0.2, 0.25) is 11.8 Å². The van der Waals surface area contributed by atoms with Crippen molar-refractivity contribution in [2.24, 2.45) is 5.92 Å². The van der Waals surface area contributed by atoms with Gasteiger partial charge in [-0.25, -0.2) is 0 Å². The third-order valence-electron chi connectivity index (χ3n) is 4.95. The van der Waals surface area contributed by atoms with Crippen molar-refractivity contribution in [3.8, 4) is 5.75 Å². The van der Waals surface area contributed by atoms with Crippen LogP contribution < -0.4 is 9.64 Å². The summed E-state index contributed by atoms with van der Waals surface area (Å²) in [5.74, 6) is 0.340. The van der Waals surface area contributed by atoms with Crippen LogP contribution in [0, 0.1) is 5.92 Å². The van der Waals surface area contributed by atoms with E-state index in [1.54, 1.807) is 24.0 Å². The highest BCUT2D eigenvalue weighted by atomic mass is 16.5. The minimum absolute atomic E-state index is 0.00901. The first kappa shape index (κ1) is 19.9. The summed E-state index contributed by atoms with van der Waals surface area (Å²) in [4.78, 5) is 29.2. The van der Waals surface area contributed by atoms with Gasteiger partial charge in [-0.05, 0) is 29.8 Å². The van der Waals surface area contributed by atoms with Crippen LogP contribution in [0.2, 0.25) is 0 Å². The standard InChI is InChI=1S/C22H26N2O4/c1-27-13-12-23(15-17-6-4-3-5-7-17)22(26)18-14-21(25)24(16-18)19-8-10-20(28-2)11-9-19/h3-11,18H,12-16H2,1-2H3. The molecule has 1 heterocycles. The van der Waals surface area contributed by atoms with Crippen molar-refractivity contribution in [2.75, 3.05) is 38.8 Å². The lowest BCUT2D eigenvalue weighted by atomic mass is 10.1. The van der Waals surface area contributed by atoms with Gasteiger partial charge in [0.05, 0.1) is 19.6 Å². The lowest BCUT2D eigenvalue weighted by molar-refractivity contribution is -0.137. The zero-order valence-electron chi connectivity index (χ0n) is 16.3. The molecule has 0 radical (unpaired) electrons. The zero-order chi connectivity index (χ0) is 19.9. The van der Waals surface area contributed by atoms with Gasteiger partial charge >= 0.3 is 0 Å². The second kappa shape index (κ2) is 9.37. The van der Waals surface area contributed by atoms with Crippen molar-refractivity contribution in [1.29, 1.82) is 0 Å². The minimum Gasteiger partial charge on any atom is -0.497 e. The van der Waals surface area contributed by atoms with E-state index in [4.69, 9.17) is 9.47 Å². The van der Waals surface area contributed by atoms with Gasteiger partial charge in [-0.3, -0.25) is 9.59 Å². The Labute approximate surface area is 165 Å². The number of nitrogens with zero attached hydrogens (tertiary/aromatic N) is 2.